The Morgan fingerprint density at radius 2 is 2.00 bits per heavy atom. The molecule has 0 spiro atoms. The second-order valence-corrected chi connectivity index (χ2v) is 5.91. The predicted molar refractivity (Wildman–Crippen MR) is 90.2 cm³/mol. The second kappa shape index (κ2) is 8.53. The first-order chi connectivity index (χ1) is 11.2. The van der Waals surface area contributed by atoms with Crippen LogP contribution in [0.25, 0.3) is 0 Å². The second-order valence-electron chi connectivity index (χ2n) is 5.91. The fraction of sp³-hybridized carbons (Fsp3) is 0.500. The summed E-state index contributed by atoms with van der Waals surface area (Å²) < 4.78 is 38.8. The summed E-state index contributed by atoms with van der Waals surface area (Å²) >= 11 is 0. The number of likely N-dealkylation sites (tertiary alicyclic amines) is 1. The van der Waals surface area contributed by atoms with Crippen molar-refractivity contribution in [2.24, 2.45) is 11.7 Å². The molecule has 0 radical (unpaired) electrons. The van der Waals surface area contributed by atoms with E-state index >= 15 is 0 Å². The topological polar surface area (TPSA) is 75.4 Å². The lowest BCUT2D eigenvalue weighted by molar-refractivity contribution is -0.138. The third kappa shape index (κ3) is 5.61. The average molecular weight is 380 g/mol. The molecule has 1 aromatic carbocycles. The normalized spacial score (nSPS) is 17.6. The minimum atomic E-state index is -4.51. The molecule has 1 saturated heterocycles. The molecule has 1 aromatic rings. The van der Waals surface area contributed by atoms with Gasteiger partial charge in [0.05, 0.1) is 11.5 Å². The number of piperidine rings is 1. The SMILES string of the molecule is CC(=O)N1CCCC(C(=O)Nc2cc(CN)cc(C(F)(F)F)c2)C1.Cl. The molecule has 0 aromatic heterocycles. The zero-order valence-corrected chi connectivity index (χ0v) is 14.5. The fourth-order valence-electron chi connectivity index (χ4n) is 2.77. The molecular formula is C16H21ClF3N3O2. The Morgan fingerprint density at radius 1 is 1.32 bits per heavy atom. The quantitative estimate of drug-likeness (QED) is 0.848. The number of hydrogen-bond donors (Lipinski definition) is 2. The van der Waals surface area contributed by atoms with Crippen molar-refractivity contribution in [1.29, 1.82) is 0 Å². The minimum Gasteiger partial charge on any atom is -0.342 e. The molecule has 0 saturated carbocycles. The van der Waals surface area contributed by atoms with Crippen LogP contribution >= 0.6 is 12.4 Å². The smallest absolute Gasteiger partial charge is 0.342 e. The number of carbonyl (C=O) groups excluding carboxylic acids is 2. The number of carbonyl (C=O) groups is 2. The number of anilines is 1. The number of nitrogens with one attached hydrogen (secondary N) is 1. The number of nitrogens with two attached hydrogens (primary N) is 1. The number of rotatable bonds is 3. The van der Waals surface area contributed by atoms with Gasteiger partial charge in [-0.1, -0.05) is 0 Å². The van der Waals surface area contributed by atoms with E-state index in [1.54, 1.807) is 4.90 Å². The van der Waals surface area contributed by atoms with Gasteiger partial charge in [-0.3, -0.25) is 9.59 Å². The molecule has 2 amide bonds. The van der Waals surface area contributed by atoms with Gasteiger partial charge in [-0.25, -0.2) is 0 Å². The summed E-state index contributed by atoms with van der Waals surface area (Å²) in [7, 11) is 0. The summed E-state index contributed by atoms with van der Waals surface area (Å²) in [6.07, 6.45) is -3.23. The van der Waals surface area contributed by atoms with Crippen molar-refractivity contribution in [2.75, 3.05) is 18.4 Å². The molecule has 1 fully saturated rings. The number of amides is 2. The summed E-state index contributed by atoms with van der Waals surface area (Å²) in [5.41, 5.74) is 4.93. The maximum atomic E-state index is 12.9. The Balaban J connectivity index is 0.00000312. The van der Waals surface area contributed by atoms with Gasteiger partial charge in [0.2, 0.25) is 11.8 Å². The third-order valence-electron chi connectivity index (χ3n) is 4.06. The highest BCUT2D eigenvalue weighted by Crippen LogP contribution is 2.32. The van der Waals surface area contributed by atoms with Crippen LogP contribution in [0.3, 0.4) is 0 Å². The van der Waals surface area contributed by atoms with Crippen LogP contribution in [0.5, 0.6) is 0 Å². The molecule has 1 heterocycles. The first-order valence-electron chi connectivity index (χ1n) is 7.68. The lowest BCUT2D eigenvalue weighted by Crippen LogP contribution is -2.42. The van der Waals surface area contributed by atoms with E-state index in [0.717, 1.165) is 12.1 Å². The Hall–Kier alpha value is -1.80. The monoisotopic (exact) mass is 379 g/mol. The molecule has 2 rings (SSSR count). The Morgan fingerprint density at radius 3 is 2.56 bits per heavy atom. The van der Waals surface area contributed by atoms with Crippen LogP contribution in [0, 0.1) is 5.92 Å². The number of nitrogens with zero attached hydrogens (tertiary/aromatic N) is 1. The van der Waals surface area contributed by atoms with E-state index in [0.29, 0.717) is 19.4 Å². The van der Waals surface area contributed by atoms with Crippen LogP contribution in [-0.2, 0) is 22.3 Å². The fourth-order valence-corrected chi connectivity index (χ4v) is 2.77. The largest absolute Gasteiger partial charge is 0.416 e. The Bertz CT molecular complexity index is 638. The van der Waals surface area contributed by atoms with E-state index in [-0.39, 0.29) is 48.6 Å². The highest BCUT2D eigenvalue weighted by atomic mass is 35.5. The van der Waals surface area contributed by atoms with Crippen molar-refractivity contribution in [2.45, 2.75) is 32.5 Å². The standard InChI is InChI=1S/C16H20F3N3O2.ClH/c1-10(23)22-4-2-3-12(9-22)15(24)21-14-6-11(8-20)5-13(7-14)16(17,18)19;/h5-7,12H,2-4,8-9,20H2,1H3,(H,21,24);1H. The van der Waals surface area contributed by atoms with Gasteiger partial charge in [0.1, 0.15) is 0 Å². The van der Waals surface area contributed by atoms with Crippen molar-refractivity contribution >= 4 is 29.9 Å². The number of alkyl halides is 3. The van der Waals surface area contributed by atoms with E-state index < -0.39 is 17.7 Å². The highest BCUT2D eigenvalue weighted by molar-refractivity contribution is 5.93. The zero-order valence-electron chi connectivity index (χ0n) is 13.7. The predicted octanol–water partition coefficient (Wildman–Crippen LogP) is 2.78. The van der Waals surface area contributed by atoms with Crippen LogP contribution in [0.15, 0.2) is 18.2 Å². The average Bonchev–Trinajstić information content (AvgIpc) is 2.53. The van der Waals surface area contributed by atoms with Gasteiger partial charge >= 0.3 is 6.18 Å². The highest BCUT2D eigenvalue weighted by Gasteiger charge is 2.32. The van der Waals surface area contributed by atoms with Crippen molar-refractivity contribution in [3.63, 3.8) is 0 Å². The summed E-state index contributed by atoms with van der Waals surface area (Å²) in [6, 6.07) is 3.29. The molecule has 5 nitrogen and oxygen atoms in total. The van der Waals surface area contributed by atoms with Crippen molar-refractivity contribution in [3.05, 3.63) is 29.3 Å². The molecule has 140 valence electrons. The van der Waals surface area contributed by atoms with Gasteiger partial charge in [-0.05, 0) is 36.6 Å². The van der Waals surface area contributed by atoms with E-state index in [9.17, 15) is 22.8 Å². The van der Waals surface area contributed by atoms with Crippen LogP contribution in [-0.4, -0.2) is 29.8 Å². The van der Waals surface area contributed by atoms with Gasteiger partial charge in [0.15, 0.2) is 0 Å². The summed E-state index contributed by atoms with van der Waals surface area (Å²) in [4.78, 5) is 25.3. The first-order valence-corrected chi connectivity index (χ1v) is 7.68. The summed E-state index contributed by atoms with van der Waals surface area (Å²) in [5.74, 6) is -0.932. The molecular weight excluding hydrogens is 359 g/mol. The van der Waals surface area contributed by atoms with Gasteiger partial charge < -0.3 is 16.0 Å². The van der Waals surface area contributed by atoms with Crippen LogP contribution in [0.1, 0.15) is 30.9 Å². The van der Waals surface area contributed by atoms with Crippen molar-refractivity contribution < 1.29 is 22.8 Å². The Labute approximate surface area is 150 Å². The van der Waals surface area contributed by atoms with E-state index in [1.165, 1.54) is 13.0 Å². The van der Waals surface area contributed by atoms with Crippen molar-refractivity contribution in [1.82, 2.24) is 4.90 Å². The Kier molecular flexibility index (Phi) is 7.25. The molecule has 3 N–H and O–H groups in total. The van der Waals surface area contributed by atoms with Gasteiger partial charge in [0.25, 0.3) is 0 Å². The van der Waals surface area contributed by atoms with E-state index in [1.807, 2.05) is 0 Å². The van der Waals surface area contributed by atoms with Gasteiger partial charge in [0, 0.05) is 32.2 Å². The first kappa shape index (κ1) is 21.2. The van der Waals surface area contributed by atoms with Crippen LogP contribution in [0.2, 0.25) is 0 Å². The summed E-state index contributed by atoms with van der Waals surface area (Å²) in [6.45, 7) is 2.25. The molecule has 1 atom stereocenters. The van der Waals surface area contributed by atoms with Crippen molar-refractivity contribution in [3.8, 4) is 0 Å². The number of benzene rings is 1. The minimum absolute atomic E-state index is 0. The molecule has 0 bridgehead atoms. The molecule has 1 aliphatic rings. The third-order valence-corrected chi connectivity index (χ3v) is 4.06. The molecule has 25 heavy (non-hydrogen) atoms. The van der Waals surface area contributed by atoms with E-state index in [2.05, 4.69) is 5.32 Å². The molecule has 1 unspecified atom stereocenters. The lowest BCUT2D eigenvalue weighted by atomic mass is 9.97. The molecule has 1 aliphatic heterocycles. The van der Waals surface area contributed by atoms with Crippen LogP contribution in [0.4, 0.5) is 18.9 Å². The molecule has 0 aliphatic carbocycles. The summed E-state index contributed by atoms with van der Waals surface area (Å²) in [5, 5.41) is 2.53. The van der Waals surface area contributed by atoms with Gasteiger partial charge in [-0.15, -0.1) is 12.4 Å². The zero-order chi connectivity index (χ0) is 17.9. The maximum Gasteiger partial charge on any atom is 0.416 e. The number of halogens is 4. The van der Waals surface area contributed by atoms with E-state index in [4.69, 9.17) is 5.73 Å². The van der Waals surface area contributed by atoms with Gasteiger partial charge in [-0.2, -0.15) is 13.2 Å². The maximum absolute atomic E-state index is 12.9. The molecule has 9 heteroatoms. The number of hydrogen-bond acceptors (Lipinski definition) is 3. The van der Waals surface area contributed by atoms with Crippen LogP contribution < -0.4 is 11.1 Å². The lowest BCUT2D eigenvalue weighted by Gasteiger charge is -2.31.